The van der Waals surface area contributed by atoms with Crippen LogP contribution in [0.25, 0.3) is 0 Å². The van der Waals surface area contributed by atoms with Crippen LogP contribution in [0.3, 0.4) is 0 Å². The maximum Gasteiger partial charge on any atom is 0.0592 e. The van der Waals surface area contributed by atoms with Gasteiger partial charge in [0.25, 0.3) is 0 Å². The van der Waals surface area contributed by atoms with E-state index in [4.69, 9.17) is 4.74 Å². The van der Waals surface area contributed by atoms with E-state index in [1.54, 1.807) is 0 Å². The van der Waals surface area contributed by atoms with Crippen LogP contribution in [0, 0.1) is 13.8 Å². The molecule has 2 unspecified atom stereocenters. The minimum Gasteiger partial charge on any atom is -0.378 e. The number of aryl methyl sites for hydroxylation is 2. The van der Waals surface area contributed by atoms with Crippen molar-refractivity contribution in [3.63, 3.8) is 0 Å². The summed E-state index contributed by atoms with van der Waals surface area (Å²) in [6.07, 6.45) is 3.77. The van der Waals surface area contributed by atoms with Gasteiger partial charge in [-0.3, -0.25) is 4.68 Å². The number of rotatable bonds is 3. The van der Waals surface area contributed by atoms with Gasteiger partial charge in [-0.2, -0.15) is 0 Å². The summed E-state index contributed by atoms with van der Waals surface area (Å²) in [6, 6.07) is 4.85. The number of nitrogens with one attached hydrogen (secondary N) is 1. The lowest BCUT2D eigenvalue weighted by atomic mass is 10.0. The summed E-state index contributed by atoms with van der Waals surface area (Å²) in [5.74, 6) is 0. The van der Waals surface area contributed by atoms with E-state index in [2.05, 4.69) is 43.0 Å². The fourth-order valence-corrected chi connectivity index (χ4v) is 2.34. The average Bonchev–Trinajstić information content (AvgIpc) is 2.61. The molecule has 0 saturated carbocycles. The summed E-state index contributed by atoms with van der Waals surface area (Å²) in [5.41, 5.74) is 6.15. The van der Waals surface area contributed by atoms with Crippen molar-refractivity contribution in [1.29, 1.82) is 0 Å². The van der Waals surface area contributed by atoms with Crippen LogP contribution in [0.15, 0.2) is 12.1 Å². The number of hydrogen-bond acceptors (Lipinski definition) is 2. The smallest absolute Gasteiger partial charge is 0.0592 e. The number of nitrogens with zero attached hydrogens (tertiary/aromatic N) is 1. The lowest BCUT2D eigenvalue weighted by Gasteiger charge is -2.31. The number of hydrogen-bond donors (Lipinski definition) is 1. The molecule has 2 rings (SSSR count). The maximum atomic E-state index is 5.69. The van der Waals surface area contributed by atoms with Crippen molar-refractivity contribution in [2.75, 3.05) is 12.0 Å². The van der Waals surface area contributed by atoms with Crippen LogP contribution in [0.2, 0.25) is 0 Å². The van der Waals surface area contributed by atoms with Crippen molar-refractivity contribution in [3.05, 3.63) is 23.5 Å². The summed E-state index contributed by atoms with van der Waals surface area (Å²) < 4.78 is 7.88. The molecule has 1 aliphatic rings. The van der Waals surface area contributed by atoms with Crippen LogP contribution in [-0.4, -0.2) is 23.4 Å². The predicted octanol–water partition coefficient (Wildman–Crippen LogP) is 2.61. The highest BCUT2D eigenvalue weighted by Crippen LogP contribution is 2.18. The van der Waals surface area contributed by atoms with Crippen molar-refractivity contribution in [3.8, 4) is 0 Å². The standard InChI is InChI=1S/C13H22N2O/c1-4-13-9-12(7-8-16-13)14-15-10(2)5-6-11(15)3/h5-6,12-14H,4,7-9H2,1-3H3. The molecule has 1 saturated heterocycles. The van der Waals surface area contributed by atoms with Gasteiger partial charge in [0, 0.05) is 24.0 Å². The van der Waals surface area contributed by atoms with Crippen molar-refractivity contribution in [2.24, 2.45) is 0 Å². The minimum atomic E-state index is 0.433. The van der Waals surface area contributed by atoms with Crippen molar-refractivity contribution in [1.82, 2.24) is 4.68 Å². The predicted molar refractivity (Wildman–Crippen MR) is 66.3 cm³/mol. The normalized spacial score (nSPS) is 25.7. The molecule has 1 aromatic heterocycles. The Balaban J connectivity index is 1.99. The van der Waals surface area contributed by atoms with Gasteiger partial charge in [0.1, 0.15) is 0 Å². The van der Waals surface area contributed by atoms with Crippen molar-refractivity contribution in [2.45, 2.75) is 52.2 Å². The molecule has 0 radical (unpaired) electrons. The molecule has 3 heteroatoms. The van der Waals surface area contributed by atoms with Crippen LogP contribution in [-0.2, 0) is 4.74 Å². The summed E-state index contributed by atoms with van der Waals surface area (Å²) in [7, 11) is 0. The third kappa shape index (κ3) is 2.40. The fraction of sp³-hybridized carbons (Fsp3) is 0.692. The first-order chi connectivity index (χ1) is 7.70. The topological polar surface area (TPSA) is 26.2 Å². The van der Waals surface area contributed by atoms with Crippen LogP contribution in [0.4, 0.5) is 0 Å². The first-order valence-electron chi connectivity index (χ1n) is 6.23. The second-order valence-corrected chi connectivity index (χ2v) is 4.70. The molecule has 0 spiro atoms. The SMILES string of the molecule is CCC1CC(Nn2c(C)ccc2C)CCO1. The monoisotopic (exact) mass is 222 g/mol. The van der Waals surface area contributed by atoms with E-state index in [9.17, 15) is 0 Å². The molecule has 0 aliphatic carbocycles. The molecular formula is C13H22N2O. The highest BCUT2D eigenvalue weighted by Gasteiger charge is 2.21. The van der Waals surface area contributed by atoms with Gasteiger partial charge in [-0.15, -0.1) is 0 Å². The summed E-state index contributed by atoms with van der Waals surface area (Å²) in [4.78, 5) is 0. The molecule has 2 atom stereocenters. The zero-order valence-electron chi connectivity index (χ0n) is 10.5. The Morgan fingerprint density at radius 1 is 1.38 bits per heavy atom. The van der Waals surface area contributed by atoms with Gasteiger partial charge in [-0.1, -0.05) is 6.92 Å². The molecule has 0 amide bonds. The minimum absolute atomic E-state index is 0.433. The first-order valence-corrected chi connectivity index (χ1v) is 6.23. The van der Waals surface area contributed by atoms with Gasteiger partial charge in [0.05, 0.1) is 6.10 Å². The summed E-state index contributed by atoms with van der Waals surface area (Å²) >= 11 is 0. The third-order valence-corrected chi connectivity index (χ3v) is 3.41. The lowest BCUT2D eigenvalue weighted by Crippen LogP contribution is -2.38. The molecule has 1 aromatic rings. The highest BCUT2D eigenvalue weighted by atomic mass is 16.5. The highest BCUT2D eigenvalue weighted by molar-refractivity contribution is 5.16. The molecule has 1 N–H and O–H groups in total. The molecule has 3 nitrogen and oxygen atoms in total. The van der Waals surface area contributed by atoms with Gasteiger partial charge >= 0.3 is 0 Å². The number of ether oxygens (including phenoxy) is 1. The Kier molecular flexibility index (Phi) is 3.54. The fourth-order valence-electron chi connectivity index (χ4n) is 2.34. The van der Waals surface area contributed by atoms with Crippen LogP contribution >= 0.6 is 0 Å². The van der Waals surface area contributed by atoms with Gasteiger partial charge in [-0.25, -0.2) is 0 Å². The first kappa shape index (κ1) is 11.5. The van der Waals surface area contributed by atoms with E-state index in [1.165, 1.54) is 11.4 Å². The van der Waals surface area contributed by atoms with E-state index in [0.29, 0.717) is 12.1 Å². The third-order valence-electron chi connectivity index (χ3n) is 3.41. The van der Waals surface area contributed by atoms with Gasteiger partial charge in [0.2, 0.25) is 0 Å². The second-order valence-electron chi connectivity index (χ2n) is 4.70. The van der Waals surface area contributed by atoms with E-state index < -0.39 is 0 Å². The Hall–Kier alpha value is -0.960. The number of aromatic nitrogens is 1. The van der Waals surface area contributed by atoms with Crippen molar-refractivity contribution >= 4 is 0 Å². The van der Waals surface area contributed by atoms with Gasteiger partial charge in [0.15, 0.2) is 0 Å². The quantitative estimate of drug-likeness (QED) is 0.850. The van der Waals surface area contributed by atoms with Crippen LogP contribution in [0.1, 0.15) is 37.6 Å². The summed E-state index contributed by atoms with van der Waals surface area (Å²) in [6.45, 7) is 7.35. The Morgan fingerprint density at radius 2 is 2.06 bits per heavy atom. The van der Waals surface area contributed by atoms with Gasteiger partial charge < -0.3 is 10.2 Å². The van der Waals surface area contributed by atoms with Crippen LogP contribution in [0.5, 0.6) is 0 Å². The molecule has 1 aliphatic heterocycles. The largest absolute Gasteiger partial charge is 0.378 e. The molecule has 16 heavy (non-hydrogen) atoms. The zero-order valence-corrected chi connectivity index (χ0v) is 10.5. The molecular weight excluding hydrogens is 200 g/mol. The molecule has 90 valence electrons. The summed E-state index contributed by atoms with van der Waals surface area (Å²) in [5, 5.41) is 0. The molecule has 2 heterocycles. The van der Waals surface area contributed by atoms with Crippen LogP contribution < -0.4 is 5.43 Å². The average molecular weight is 222 g/mol. The molecule has 0 aromatic carbocycles. The second kappa shape index (κ2) is 4.91. The Morgan fingerprint density at radius 3 is 2.69 bits per heavy atom. The van der Waals surface area contributed by atoms with E-state index in [-0.39, 0.29) is 0 Å². The maximum absolute atomic E-state index is 5.69. The van der Waals surface area contributed by atoms with E-state index in [0.717, 1.165) is 25.9 Å². The van der Waals surface area contributed by atoms with Gasteiger partial charge in [-0.05, 0) is 45.2 Å². The Bertz CT molecular complexity index is 326. The Labute approximate surface area is 97.8 Å². The van der Waals surface area contributed by atoms with E-state index in [1.807, 2.05) is 0 Å². The van der Waals surface area contributed by atoms with E-state index >= 15 is 0 Å². The zero-order chi connectivity index (χ0) is 11.5. The van der Waals surface area contributed by atoms with Crippen molar-refractivity contribution < 1.29 is 4.74 Å². The molecule has 0 bridgehead atoms. The lowest BCUT2D eigenvalue weighted by molar-refractivity contribution is 0.00744. The molecule has 1 fully saturated rings.